The second-order valence-corrected chi connectivity index (χ2v) is 12.2. The molecule has 38 heavy (non-hydrogen) atoms. The zero-order chi connectivity index (χ0) is 27.5. The van der Waals surface area contributed by atoms with Gasteiger partial charge in [-0.05, 0) is 62.9 Å². The van der Waals surface area contributed by atoms with Crippen LogP contribution in [0, 0.1) is 17.8 Å². The van der Waals surface area contributed by atoms with Crippen LogP contribution in [-0.2, 0) is 10.0 Å². The van der Waals surface area contributed by atoms with Gasteiger partial charge < -0.3 is 19.8 Å². The Bertz CT molecular complexity index is 1320. The Morgan fingerprint density at radius 3 is 2.61 bits per heavy atom. The molecule has 2 heterocycles. The summed E-state index contributed by atoms with van der Waals surface area (Å²) in [4.78, 5) is 18.5. The molecule has 10 heteroatoms. The van der Waals surface area contributed by atoms with Crippen molar-refractivity contribution in [1.29, 1.82) is 0 Å². The van der Waals surface area contributed by atoms with Crippen LogP contribution in [0.3, 0.4) is 0 Å². The molecule has 204 valence electrons. The van der Waals surface area contributed by atoms with Crippen LogP contribution in [0.25, 0.3) is 0 Å². The molecule has 1 aromatic carbocycles. The Hall–Kier alpha value is -2.97. The van der Waals surface area contributed by atoms with Crippen molar-refractivity contribution in [3.63, 3.8) is 0 Å². The number of rotatable bonds is 5. The standard InChI is InChI=1S/C28H35N3O6S/c1-20-17-31(21(2)19-32)38(35,36)26-7-6-22(8-13-28(34)11-4-5-12-28)16-24(26)37-25(20)18-30(3)27(33)23-9-14-29-15-10-23/h6-7,9-10,14-16,20-21,25,32,34H,4-5,11-12,17-19H2,1-3H3/t20-,21-,25+/m1/s1. The van der Waals surface area contributed by atoms with E-state index in [1.165, 1.54) is 10.4 Å². The maximum Gasteiger partial charge on any atom is 0.253 e. The minimum atomic E-state index is -3.99. The largest absolute Gasteiger partial charge is 0.487 e. The minimum Gasteiger partial charge on any atom is -0.487 e. The number of carbonyl (C=O) groups excluding carboxylic acids is 1. The molecular formula is C28H35N3O6S. The summed E-state index contributed by atoms with van der Waals surface area (Å²) in [5.74, 6) is 5.56. The molecule has 3 atom stereocenters. The van der Waals surface area contributed by atoms with Gasteiger partial charge in [-0.2, -0.15) is 4.31 Å². The number of carbonyl (C=O) groups is 1. The van der Waals surface area contributed by atoms with Gasteiger partial charge in [0.05, 0.1) is 13.2 Å². The number of aliphatic hydroxyl groups excluding tert-OH is 1. The maximum atomic E-state index is 13.7. The Morgan fingerprint density at radius 1 is 1.26 bits per heavy atom. The number of nitrogens with zero attached hydrogens (tertiary/aromatic N) is 3. The van der Waals surface area contributed by atoms with Crippen LogP contribution in [0.15, 0.2) is 47.6 Å². The molecular weight excluding hydrogens is 506 g/mol. The van der Waals surface area contributed by atoms with E-state index in [4.69, 9.17) is 4.74 Å². The first kappa shape index (κ1) is 28.0. The summed E-state index contributed by atoms with van der Waals surface area (Å²) in [6, 6.07) is 7.26. The maximum absolute atomic E-state index is 13.7. The van der Waals surface area contributed by atoms with E-state index in [1.54, 1.807) is 55.5 Å². The number of benzene rings is 1. The van der Waals surface area contributed by atoms with Gasteiger partial charge in [-0.25, -0.2) is 8.42 Å². The molecule has 0 spiro atoms. The third-order valence-corrected chi connectivity index (χ3v) is 9.28. The molecule has 2 N–H and O–H groups in total. The lowest BCUT2D eigenvalue weighted by molar-refractivity contribution is 0.0563. The molecule has 0 bridgehead atoms. The number of aliphatic hydroxyl groups is 2. The second kappa shape index (κ2) is 11.4. The first-order valence-corrected chi connectivity index (χ1v) is 14.3. The molecule has 0 radical (unpaired) electrons. The lowest BCUT2D eigenvalue weighted by Crippen LogP contribution is -2.50. The predicted octanol–water partition coefficient (Wildman–Crippen LogP) is 2.28. The lowest BCUT2D eigenvalue weighted by Gasteiger charge is -2.37. The summed E-state index contributed by atoms with van der Waals surface area (Å²) in [6.45, 7) is 3.50. The number of pyridine rings is 1. The molecule has 9 nitrogen and oxygen atoms in total. The van der Waals surface area contributed by atoms with Crippen molar-refractivity contribution >= 4 is 15.9 Å². The molecule has 2 aromatic rings. The number of amides is 1. The number of aromatic nitrogens is 1. The van der Waals surface area contributed by atoms with Gasteiger partial charge in [0.2, 0.25) is 10.0 Å². The van der Waals surface area contributed by atoms with Crippen molar-refractivity contribution in [3.05, 3.63) is 53.9 Å². The fraction of sp³-hybridized carbons (Fsp3) is 0.500. The van der Waals surface area contributed by atoms with Gasteiger partial charge in [0.1, 0.15) is 22.4 Å². The monoisotopic (exact) mass is 541 g/mol. The van der Waals surface area contributed by atoms with Gasteiger partial charge >= 0.3 is 0 Å². The number of ether oxygens (including phenoxy) is 1. The Balaban J connectivity index is 1.71. The fourth-order valence-corrected chi connectivity index (χ4v) is 6.69. The Kier molecular flexibility index (Phi) is 8.43. The molecule has 0 unspecified atom stereocenters. The van der Waals surface area contributed by atoms with E-state index in [-0.39, 0.29) is 42.2 Å². The van der Waals surface area contributed by atoms with E-state index in [9.17, 15) is 23.4 Å². The highest BCUT2D eigenvalue weighted by Gasteiger charge is 2.38. The van der Waals surface area contributed by atoms with Crippen LogP contribution in [0.2, 0.25) is 0 Å². The molecule has 1 amide bonds. The van der Waals surface area contributed by atoms with Gasteiger partial charge in [0.15, 0.2) is 0 Å². The average molecular weight is 542 g/mol. The predicted molar refractivity (Wildman–Crippen MR) is 142 cm³/mol. The molecule has 1 saturated carbocycles. The lowest BCUT2D eigenvalue weighted by atomic mass is 10.0. The summed E-state index contributed by atoms with van der Waals surface area (Å²) in [5, 5.41) is 20.5. The number of sulfonamides is 1. The van der Waals surface area contributed by atoms with Gasteiger partial charge in [0.25, 0.3) is 5.91 Å². The van der Waals surface area contributed by atoms with Gasteiger partial charge in [-0.3, -0.25) is 9.78 Å². The van der Waals surface area contributed by atoms with Crippen LogP contribution >= 0.6 is 0 Å². The second-order valence-electron chi connectivity index (χ2n) is 10.3. The average Bonchev–Trinajstić information content (AvgIpc) is 3.35. The zero-order valence-corrected chi connectivity index (χ0v) is 22.8. The molecule has 4 rings (SSSR count). The molecule has 1 fully saturated rings. The summed E-state index contributed by atoms with van der Waals surface area (Å²) in [7, 11) is -2.32. The third kappa shape index (κ3) is 6.02. The minimum absolute atomic E-state index is 0.0251. The summed E-state index contributed by atoms with van der Waals surface area (Å²) < 4.78 is 35.0. The van der Waals surface area contributed by atoms with Crippen molar-refractivity contribution in [2.45, 2.75) is 62.2 Å². The van der Waals surface area contributed by atoms with E-state index in [1.807, 2.05) is 6.92 Å². The van der Waals surface area contributed by atoms with Crippen LogP contribution < -0.4 is 4.74 Å². The summed E-state index contributed by atoms with van der Waals surface area (Å²) in [6.07, 6.45) is 5.62. The van der Waals surface area contributed by atoms with E-state index in [0.717, 1.165) is 12.8 Å². The van der Waals surface area contributed by atoms with E-state index < -0.39 is 27.8 Å². The smallest absolute Gasteiger partial charge is 0.253 e. The van der Waals surface area contributed by atoms with E-state index in [0.29, 0.717) is 24.0 Å². The Labute approximate surface area is 224 Å². The molecule has 1 aromatic heterocycles. The first-order chi connectivity index (χ1) is 18.0. The quantitative estimate of drug-likeness (QED) is 0.557. The number of hydrogen-bond donors (Lipinski definition) is 2. The van der Waals surface area contributed by atoms with Crippen molar-refractivity contribution in [3.8, 4) is 17.6 Å². The van der Waals surface area contributed by atoms with Crippen molar-refractivity contribution in [2.75, 3.05) is 26.7 Å². The van der Waals surface area contributed by atoms with Crippen molar-refractivity contribution in [2.24, 2.45) is 5.92 Å². The summed E-state index contributed by atoms with van der Waals surface area (Å²) >= 11 is 0. The van der Waals surface area contributed by atoms with E-state index >= 15 is 0 Å². The first-order valence-electron chi connectivity index (χ1n) is 12.9. The third-order valence-electron chi connectivity index (χ3n) is 7.27. The summed E-state index contributed by atoms with van der Waals surface area (Å²) in [5.41, 5.74) is -0.0198. The van der Waals surface area contributed by atoms with Crippen LogP contribution in [0.4, 0.5) is 0 Å². The van der Waals surface area contributed by atoms with Crippen LogP contribution in [0.1, 0.15) is 55.5 Å². The number of fused-ring (bicyclic) bond motifs is 1. The molecule has 1 aliphatic heterocycles. The highest BCUT2D eigenvalue weighted by atomic mass is 32.2. The van der Waals surface area contributed by atoms with Crippen LogP contribution in [0.5, 0.6) is 5.75 Å². The fourth-order valence-electron chi connectivity index (χ4n) is 4.86. The van der Waals surface area contributed by atoms with Crippen molar-refractivity contribution in [1.82, 2.24) is 14.2 Å². The zero-order valence-electron chi connectivity index (χ0n) is 22.0. The molecule has 0 saturated heterocycles. The van der Waals surface area contributed by atoms with E-state index in [2.05, 4.69) is 16.8 Å². The normalized spacial score (nSPS) is 23.1. The highest BCUT2D eigenvalue weighted by Crippen LogP contribution is 2.34. The molecule has 2 aliphatic rings. The molecule has 1 aliphatic carbocycles. The van der Waals surface area contributed by atoms with Gasteiger partial charge in [-0.1, -0.05) is 18.8 Å². The highest BCUT2D eigenvalue weighted by molar-refractivity contribution is 7.89. The SMILES string of the molecule is C[C@@H]1CN([C@H](C)CO)S(=O)(=O)c2ccc(C#CC3(O)CCCC3)cc2O[C@H]1CN(C)C(=O)c1ccncc1. The van der Waals surface area contributed by atoms with Crippen molar-refractivity contribution < 1.29 is 28.2 Å². The Morgan fingerprint density at radius 2 is 1.95 bits per heavy atom. The van der Waals surface area contributed by atoms with Gasteiger partial charge in [-0.15, -0.1) is 0 Å². The number of hydrogen-bond acceptors (Lipinski definition) is 7. The van der Waals surface area contributed by atoms with Crippen LogP contribution in [-0.4, -0.2) is 83.2 Å². The topological polar surface area (TPSA) is 120 Å². The van der Waals surface area contributed by atoms with Gasteiger partial charge in [0, 0.05) is 49.1 Å². The number of likely N-dealkylation sites (N-methyl/N-ethyl adjacent to an activating group) is 1.